The highest BCUT2D eigenvalue weighted by Gasteiger charge is 2.04. The predicted octanol–water partition coefficient (Wildman–Crippen LogP) is 4.13. The molecule has 0 aromatic rings. The number of hydrogen-bond donors (Lipinski definition) is 0. The van der Waals surface area contributed by atoms with E-state index in [4.69, 9.17) is 0 Å². The lowest BCUT2D eigenvalue weighted by Crippen LogP contribution is -2.05. The number of carbonyl (C=O) groups excluding carboxylic acids is 1. The Kier molecular flexibility index (Phi) is 8.61. The van der Waals surface area contributed by atoms with E-state index in [1.165, 1.54) is 25.7 Å². The van der Waals surface area contributed by atoms with Crippen LogP contribution in [-0.2, 0) is 4.79 Å². The van der Waals surface area contributed by atoms with Gasteiger partial charge in [-0.1, -0.05) is 45.8 Å². The molecule has 0 aliphatic heterocycles. The van der Waals surface area contributed by atoms with Gasteiger partial charge in [-0.25, -0.2) is 0 Å². The first-order valence-electron chi connectivity index (χ1n) is 5.86. The fourth-order valence-electron chi connectivity index (χ4n) is 1.26. The van der Waals surface area contributed by atoms with Crippen molar-refractivity contribution in [1.29, 1.82) is 0 Å². The quantitative estimate of drug-likeness (QED) is 0.421. The first kappa shape index (κ1) is 13.4. The van der Waals surface area contributed by atoms with Gasteiger partial charge in [0.15, 0.2) is 0 Å². The second-order valence-electron chi connectivity index (χ2n) is 4.13. The molecule has 1 heteroatoms. The van der Waals surface area contributed by atoms with Crippen molar-refractivity contribution in [3.63, 3.8) is 0 Å². The van der Waals surface area contributed by atoms with Crippen molar-refractivity contribution < 1.29 is 4.79 Å². The molecule has 0 aliphatic rings. The predicted molar refractivity (Wildman–Crippen MR) is 62.4 cm³/mol. The Morgan fingerprint density at radius 2 is 1.79 bits per heavy atom. The van der Waals surface area contributed by atoms with Crippen molar-refractivity contribution in [2.45, 2.75) is 59.3 Å². The molecule has 0 bridgehead atoms. The molecule has 0 fully saturated rings. The molecule has 0 aromatic carbocycles. The summed E-state index contributed by atoms with van der Waals surface area (Å²) < 4.78 is 0. The monoisotopic (exact) mass is 196 g/mol. The smallest absolute Gasteiger partial charge is 0.135 e. The summed E-state index contributed by atoms with van der Waals surface area (Å²) in [7, 11) is 0. The van der Waals surface area contributed by atoms with Gasteiger partial charge in [-0.05, 0) is 19.3 Å². The van der Waals surface area contributed by atoms with Crippen LogP contribution < -0.4 is 0 Å². The molecule has 0 unspecified atom stereocenters. The van der Waals surface area contributed by atoms with E-state index in [-0.39, 0.29) is 5.92 Å². The van der Waals surface area contributed by atoms with Crippen molar-refractivity contribution in [2.75, 3.05) is 0 Å². The Bertz CT molecular complexity index is 168. The normalized spacial score (nSPS) is 11.4. The highest BCUT2D eigenvalue weighted by atomic mass is 16.1. The first-order valence-corrected chi connectivity index (χ1v) is 5.86. The second kappa shape index (κ2) is 8.98. The fraction of sp³-hybridized carbons (Fsp3) is 0.769. The minimum absolute atomic E-state index is 0.198. The average Bonchev–Trinajstić information content (AvgIpc) is 2.16. The van der Waals surface area contributed by atoms with Crippen LogP contribution in [0, 0.1) is 5.92 Å². The molecule has 0 aliphatic carbocycles. The van der Waals surface area contributed by atoms with Crippen molar-refractivity contribution in [3.8, 4) is 0 Å². The van der Waals surface area contributed by atoms with Gasteiger partial charge in [0.05, 0.1) is 0 Å². The third-order valence-electron chi connectivity index (χ3n) is 2.34. The van der Waals surface area contributed by atoms with Crippen LogP contribution in [0.1, 0.15) is 59.3 Å². The molecule has 0 saturated heterocycles. The van der Waals surface area contributed by atoms with E-state index in [0.29, 0.717) is 12.2 Å². The average molecular weight is 196 g/mol. The lowest BCUT2D eigenvalue weighted by molar-refractivity contribution is -0.121. The van der Waals surface area contributed by atoms with Gasteiger partial charge in [0, 0.05) is 12.3 Å². The van der Waals surface area contributed by atoms with E-state index in [0.717, 1.165) is 6.42 Å². The third-order valence-corrected chi connectivity index (χ3v) is 2.34. The van der Waals surface area contributed by atoms with Gasteiger partial charge in [-0.2, -0.15) is 0 Å². The summed E-state index contributed by atoms with van der Waals surface area (Å²) in [6.07, 6.45) is 11.0. The van der Waals surface area contributed by atoms with Gasteiger partial charge >= 0.3 is 0 Å². The molecule has 0 N–H and O–H groups in total. The van der Waals surface area contributed by atoms with Crippen LogP contribution in [0.3, 0.4) is 0 Å². The molecular weight excluding hydrogens is 172 g/mol. The maximum Gasteiger partial charge on any atom is 0.135 e. The summed E-state index contributed by atoms with van der Waals surface area (Å²) in [5.41, 5.74) is 0. The lowest BCUT2D eigenvalue weighted by atomic mass is 10.0. The summed E-state index contributed by atoms with van der Waals surface area (Å²) in [6.45, 7) is 6.14. The Labute approximate surface area is 88.6 Å². The Morgan fingerprint density at radius 3 is 2.36 bits per heavy atom. The van der Waals surface area contributed by atoms with Gasteiger partial charge in [0.25, 0.3) is 0 Å². The van der Waals surface area contributed by atoms with Crippen LogP contribution in [0.15, 0.2) is 12.2 Å². The molecule has 0 saturated carbocycles. The number of allylic oxidation sites excluding steroid dienone is 2. The van der Waals surface area contributed by atoms with Gasteiger partial charge in [0.2, 0.25) is 0 Å². The minimum atomic E-state index is 0.198. The largest absolute Gasteiger partial charge is 0.299 e. The molecule has 0 rings (SSSR count). The van der Waals surface area contributed by atoms with Crippen LogP contribution in [0.5, 0.6) is 0 Å². The summed E-state index contributed by atoms with van der Waals surface area (Å²) in [5, 5.41) is 0. The van der Waals surface area contributed by atoms with E-state index in [1.807, 2.05) is 13.8 Å². The summed E-state index contributed by atoms with van der Waals surface area (Å²) in [6, 6.07) is 0. The molecule has 0 aromatic heterocycles. The topological polar surface area (TPSA) is 17.1 Å². The first-order chi connectivity index (χ1) is 6.68. The van der Waals surface area contributed by atoms with E-state index < -0.39 is 0 Å². The molecule has 0 radical (unpaired) electrons. The van der Waals surface area contributed by atoms with Crippen LogP contribution >= 0.6 is 0 Å². The van der Waals surface area contributed by atoms with Crippen molar-refractivity contribution in [3.05, 3.63) is 12.2 Å². The SMILES string of the molecule is CCCCCC=CCCC(=O)C(C)C. The molecule has 0 spiro atoms. The summed E-state index contributed by atoms with van der Waals surface area (Å²) >= 11 is 0. The highest BCUT2D eigenvalue weighted by molar-refractivity contribution is 5.80. The van der Waals surface area contributed by atoms with Crippen LogP contribution in [-0.4, -0.2) is 5.78 Å². The maximum absolute atomic E-state index is 11.2. The zero-order chi connectivity index (χ0) is 10.8. The third kappa shape index (κ3) is 8.03. The van der Waals surface area contributed by atoms with E-state index in [1.54, 1.807) is 0 Å². The Balaban J connectivity index is 3.31. The number of unbranched alkanes of at least 4 members (excludes halogenated alkanes) is 3. The number of ketones is 1. The van der Waals surface area contributed by atoms with E-state index >= 15 is 0 Å². The van der Waals surface area contributed by atoms with Crippen molar-refractivity contribution in [1.82, 2.24) is 0 Å². The Morgan fingerprint density at radius 1 is 1.14 bits per heavy atom. The summed E-state index contributed by atoms with van der Waals surface area (Å²) in [4.78, 5) is 11.2. The minimum Gasteiger partial charge on any atom is -0.299 e. The van der Waals surface area contributed by atoms with Crippen LogP contribution in [0.25, 0.3) is 0 Å². The van der Waals surface area contributed by atoms with Gasteiger partial charge in [-0.15, -0.1) is 0 Å². The zero-order valence-corrected chi connectivity index (χ0v) is 9.88. The molecule has 1 nitrogen and oxygen atoms in total. The number of hydrogen-bond acceptors (Lipinski definition) is 1. The highest BCUT2D eigenvalue weighted by Crippen LogP contribution is 2.04. The molecule has 0 atom stereocenters. The van der Waals surface area contributed by atoms with E-state index in [9.17, 15) is 4.79 Å². The number of rotatable bonds is 8. The standard InChI is InChI=1S/C13H24O/c1-4-5-6-7-8-9-10-11-13(14)12(2)3/h8-9,12H,4-7,10-11H2,1-3H3. The van der Waals surface area contributed by atoms with Gasteiger partial charge in [-0.3, -0.25) is 4.79 Å². The number of Topliss-reactive ketones (excluding diaryl/α,β-unsaturated/α-hetero) is 1. The molecule has 14 heavy (non-hydrogen) atoms. The number of carbonyl (C=O) groups is 1. The summed E-state index contributed by atoms with van der Waals surface area (Å²) in [5.74, 6) is 0.576. The maximum atomic E-state index is 11.2. The Hall–Kier alpha value is -0.590. The molecule has 0 amide bonds. The second-order valence-corrected chi connectivity index (χ2v) is 4.13. The van der Waals surface area contributed by atoms with Crippen molar-refractivity contribution >= 4 is 5.78 Å². The van der Waals surface area contributed by atoms with Crippen LogP contribution in [0.2, 0.25) is 0 Å². The molecule has 0 heterocycles. The fourth-order valence-corrected chi connectivity index (χ4v) is 1.26. The lowest BCUT2D eigenvalue weighted by Gasteiger charge is -2.00. The zero-order valence-electron chi connectivity index (χ0n) is 9.88. The van der Waals surface area contributed by atoms with Gasteiger partial charge in [0.1, 0.15) is 5.78 Å². The van der Waals surface area contributed by atoms with Crippen LogP contribution in [0.4, 0.5) is 0 Å². The van der Waals surface area contributed by atoms with E-state index in [2.05, 4.69) is 19.1 Å². The molecular formula is C13H24O. The van der Waals surface area contributed by atoms with Crippen molar-refractivity contribution in [2.24, 2.45) is 5.92 Å². The molecule has 82 valence electrons. The van der Waals surface area contributed by atoms with Gasteiger partial charge < -0.3 is 0 Å².